The summed E-state index contributed by atoms with van der Waals surface area (Å²) in [7, 11) is 0. The third-order valence-corrected chi connectivity index (χ3v) is 2.67. The summed E-state index contributed by atoms with van der Waals surface area (Å²) in [6.07, 6.45) is 0. The topological polar surface area (TPSA) is 116 Å². The third-order valence-electron chi connectivity index (χ3n) is 2.67. The van der Waals surface area contributed by atoms with Crippen molar-refractivity contribution in [2.75, 3.05) is 5.43 Å². The van der Waals surface area contributed by atoms with Gasteiger partial charge in [0.15, 0.2) is 0 Å². The van der Waals surface area contributed by atoms with Gasteiger partial charge in [0.1, 0.15) is 17.5 Å². The Morgan fingerprint density at radius 3 is 2.71 bits per heavy atom. The van der Waals surface area contributed by atoms with E-state index in [0.29, 0.717) is 17.2 Å². The number of nitrogens with one attached hydrogen (secondary N) is 1. The largest absolute Gasteiger partial charge is 0.431 e. The molecule has 2 aromatic rings. The van der Waals surface area contributed by atoms with Gasteiger partial charge in [-0.15, -0.1) is 0 Å². The maximum atomic E-state index is 13.1. The van der Waals surface area contributed by atoms with Crippen molar-refractivity contribution in [1.82, 2.24) is 9.97 Å². The van der Waals surface area contributed by atoms with Crippen LogP contribution in [0, 0.1) is 29.8 Å². The number of rotatable bonds is 4. The van der Waals surface area contributed by atoms with E-state index in [1.807, 2.05) is 0 Å². The Morgan fingerprint density at radius 1 is 1.38 bits per heavy atom. The van der Waals surface area contributed by atoms with Crippen molar-refractivity contribution in [3.8, 4) is 11.6 Å². The Kier molecular flexibility index (Phi) is 3.94. The molecule has 110 valence electrons. The smallest absolute Gasteiger partial charge is 0.314 e. The van der Waals surface area contributed by atoms with Crippen LogP contribution in [0.4, 0.5) is 15.9 Å². The maximum Gasteiger partial charge on any atom is 0.314 e. The number of nitrogens with two attached hydrogens (primary N) is 1. The molecule has 0 bridgehead atoms. The highest BCUT2D eigenvalue weighted by Crippen LogP contribution is 2.33. The van der Waals surface area contributed by atoms with E-state index in [4.69, 9.17) is 10.6 Å². The van der Waals surface area contributed by atoms with E-state index in [-0.39, 0.29) is 11.6 Å². The molecule has 1 aromatic carbocycles. The molecule has 0 aliphatic rings. The first-order valence-electron chi connectivity index (χ1n) is 5.86. The molecule has 21 heavy (non-hydrogen) atoms. The van der Waals surface area contributed by atoms with Crippen molar-refractivity contribution in [3.63, 3.8) is 0 Å². The van der Waals surface area contributed by atoms with Crippen LogP contribution >= 0.6 is 0 Å². The molecule has 1 heterocycles. The van der Waals surface area contributed by atoms with Crippen LogP contribution in [0.25, 0.3) is 0 Å². The lowest BCUT2D eigenvalue weighted by molar-refractivity contribution is -0.385. The van der Waals surface area contributed by atoms with E-state index in [0.717, 1.165) is 12.1 Å². The normalized spacial score (nSPS) is 10.3. The molecule has 0 aliphatic carbocycles. The number of hydrogen-bond acceptors (Lipinski definition) is 7. The molecule has 0 aliphatic heterocycles. The first kappa shape index (κ1) is 14.6. The molecule has 0 amide bonds. The van der Waals surface area contributed by atoms with Crippen LogP contribution in [0.5, 0.6) is 11.6 Å². The zero-order chi connectivity index (χ0) is 15.6. The number of hydrazine groups is 1. The summed E-state index contributed by atoms with van der Waals surface area (Å²) in [5.41, 5.74) is 2.36. The highest BCUT2D eigenvalue weighted by Gasteiger charge is 2.19. The Morgan fingerprint density at radius 2 is 2.10 bits per heavy atom. The fourth-order valence-corrected chi connectivity index (χ4v) is 1.67. The maximum absolute atomic E-state index is 13.1. The van der Waals surface area contributed by atoms with Gasteiger partial charge in [-0.05, 0) is 26.0 Å². The van der Waals surface area contributed by atoms with Gasteiger partial charge in [-0.2, -0.15) is 4.98 Å². The molecule has 0 saturated carbocycles. The number of ether oxygens (including phenoxy) is 1. The van der Waals surface area contributed by atoms with Gasteiger partial charge in [0.2, 0.25) is 11.6 Å². The van der Waals surface area contributed by atoms with Crippen LogP contribution in [0.15, 0.2) is 18.2 Å². The number of nitrogen functional groups attached to an aromatic ring is 1. The fourth-order valence-electron chi connectivity index (χ4n) is 1.67. The van der Waals surface area contributed by atoms with E-state index in [9.17, 15) is 14.5 Å². The molecule has 0 atom stereocenters. The quantitative estimate of drug-likeness (QED) is 0.504. The Balaban J connectivity index is 2.48. The number of nitro groups is 1. The Labute approximate surface area is 118 Å². The van der Waals surface area contributed by atoms with Crippen molar-refractivity contribution >= 4 is 11.5 Å². The Bertz CT molecular complexity index is 708. The summed E-state index contributed by atoms with van der Waals surface area (Å²) in [5, 5.41) is 10.9. The molecule has 0 radical (unpaired) electrons. The lowest BCUT2D eigenvalue weighted by Gasteiger charge is -2.11. The average molecular weight is 293 g/mol. The van der Waals surface area contributed by atoms with E-state index in [1.54, 1.807) is 13.8 Å². The third kappa shape index (κ3) is 3.03. The van der Waals surface area contributed by atoms with Gasteiger partial charge in [-0.1, -0.05) is 0 Å². The zero-order valence-corrected chi connectivity index (χ0v) is 11.3. The van der Waals surface area contributed by atoms with Gasteiger partial charge in [0, 0.05) is 0 Å². The molecule has 1 aromatic heterocycles. The van der Waals surface area contributed by atoms with Gasteiger partial charge in [0.05, 0.1) is 16.6 Å². The van der Waals surface area contributed by atoms with Gasteiger partial charge >= 0.3 is 5.69 Å². The van der Waals surface area contributed by atoms with E-state index < -0.39 is 16.4 Å². The number of nitro benzene ring substituents is 1. The number of aryl methyl sites for hydroxylation is 1. The molecule has 0 fully saturated rings. The van der Waals surface area contributed by atoms with Crippen LogP contribution in [-0.2, 0) is 0 Å². The molecule has 2 rings (SSSR count). The van der Waals surface area contributed by atoms with Crippen LogP contribution in [0.1, 0.15) is 11.4 Å². The van der Waals surface area contributed by atoms with Crippen molar-refractivity contribution in [2.45, 2.75) is 13.8 Å². The van der Waals surface area contributed by atoms with Gasteiger partial charge < -0.3 is 10.2 Å². The number of anilines is 1. The predicted octanol–water partition coefficient (Wildman–Crippen LogP) is 2.22. The van der Waals surface area contributed by atoms with Crippen LogP contribution < -0.4 is 16.0 Å². The standard InChI is InChI=1S/C12H12FN5O3/c1-6-11(17-14)15-7(2)16-12(6)21-10-4-3-8(13)5-9(10)18(19)20/h3-5H,14H2,1-2H3,(H,15,16,17). The zero-order valence-electron chi connectivity index (χ0n) is 11.3. The highest BCUT2D eigenvalue weighted by molar-refractivity contribution is 5.52. The van der Waals surface area contributed by atoms with Crippen LogP contribution in [0.2, 0.25) is 0 Å². The second kappa shape index (κ2) is 5.67. The first-order chi connectivity index (χ1) is 9.92. The van der Waals surface area contributed by atoms with Crippen molar-refractivity contribution in [1.29, 1.82) is 0 Å². The summed E-state index contributed by atoms with van der Waals surface area (Å²) < 4.78 is 18.5. The lowest BCUT2D eigenvalue weighted by atomic mass is 10.3. The number of benzene rings is 1. The summed E-state index contributed by atoms with van der Waals surface area (Å²) >= 11 is 0. The van der Waals surface area contributed by atoms with Crippen LogP contribution in [-0.4, -0.2) is 14.9 Å². The average Bonchev–Trinajstić information content (AvgIpc) is 2.44. The summed E-state index contributed by atoms with van der Waals surface area (Å²) in [6.45, 7) is 3.26. The van der Waals surface area contributed by atoms with Gasteiger partial charge in [-0.25, -0.2) is 15.2 Å². The molecule has 9 heteroatoms. The minimum absolute atomic E-state index is 0.102. The molecule has 0 unspecified atom stereocenters. The van der Waals surface area contributed by atoms with E-state index in [1.165, 1.54) is 6.07 Å². The SMILES string of the molecule is Cc1nc(NN)c(C)c(Oc2ccc(F)cc2[N+](=O)[O-])n1. The predicted molar refractivity (Wildman–Crippen MR) is 72.4 cm³/mol. The number of aromatic nitrogens is 2. The number of hydrogen-bond donors (Lipinski definition) is 2. The second-order valence-electron chi connectivity index (χ2n) is 4.17. The highest BCUT2D eigenvalue weighted by atomic mass is 19.1. The van der Waals surface area contributed by atoms with Gasteiger partial charge in [-0.3, -0.25) is 10.1 Å². The molecule has 3 N–H and O–H groups in total. The summed E-state index contributed by atoms with van der Waals surface area (Å²) in [4.78, 5) is 18.3. The molecule has 8 nitrogen and oxygen atoms in total. The minimum atomic E-state index is -0.732. The fraction of sp³-hybridized carbons (Fsp3) is 0.167. The lowest BCUT2D eigenvalue weighted by Crippen LogP contribution is -2.12. The molecular weight excluding hydrogens is 281 g/mol. The summed E-state index contributed by atoms with van der Waals surface area (Å²) in [6, 6.07) is 3.01. The molecule has 0 saturated heterocycles. The van der Waals surface area contributed by atoms with Crippen molar-refractivity contribution in [3.05, 3.63) is 45.5 Å². The van der Waals surface area contributed by atoms with E-state index in [2.05, 4.69) is 15.4 Å². The Hall–Kier alpha value is -2.81. The van der Waals surface area contributed by atoms with Crippen molar-refractivity contribution < 1.29 is 14.1 Å². The number of nitrogens with zero attached hydrogens (tertiary/aromatic N) is 3. The van der Waals surface area contributed by atoms with Crippen LogP contribution in [0.3, 0.4) is 0 Å². The minimum Gasteiger partial charge on any atom is -0.431 e. The summed E-state index contributed by atoms with van der Waals surface area (Å²) in [5.74, 6) is 5.28. The molecule has 0 spiro atoms. The number of halogens is 1. The van der Waals surface area contributed by atoms with Crippen molar-refractivity contribution in [2.24, 2.45) is 5.84 Å². The second-order valence-corrected chi connectivity index (χ2v) is 4.17. The van der Waals surface area contributed by atoms with Gasteiger partial charge in [0.25, 0.3) is 0 Å². The monoisotopic (exact) mass is 293 g/mol. The first-order valence-corrected chi connectivity index (χ1v) is 5.86. The molecular formula is C12H12FN5O3. The van der Waals surface area contributed by atoms with E-state index >= 15 is 0 Å².